The van der Waals surface area contributed by atoms with Crippen LogP contribution in [0.4, 0.5) is 0 Å². The summed E-state index contributed by atoms with van der Waals surface area (Å²) in [5.74, 6) is 1.49. The highest BCUT2D eigenvalue weighted by Gasteiger charge is 2.37. The average Bonchev–Trinajstić information content (AvgIpc) is 3.19. The molecule has 0 spiro atoms. The number of aromatic nitrogens is 4. The molecule has 0 saturated carbocycles. The van der Waals surface area contributed by atoms with Crippen LogP contribution in [0.1, 0.15) is 28.4 Å². The summed E-state index contributed by atoms with van der Waals surface area (Å²) in [5.41, 5.74) is 2.07. The van der Waals surface area contributed by atoms with Gasteiger partial charge in [-0.05, 0) is 30.5 Å². The molecule has 2 aliphatic rings. The van der Waals surface area contributed by atoms with Gasteiger partial charge in [0.2, 0.25) is 0 Å². The van der Waals surface area contributed by atoms with Crippen molar-refractivity contribution in [3.63, 3.8) is 0 Å². The lowest BCUT2D eigenvalue weighted by atomic mass is 9.82. The van der Waals surface area contributed by atoms with Gasteiger partial charge in [-0.25, -0.2) is 4.98 Å². The number of piperidine rings is 1. The number of hydrogen-bond acceptors (Lipinski definition) is 5. The second kappa shape index (κ2) is 7.12. The first-order chi connectivity index (χ1) is 14.6. The van der Waals surface area contributed by atoms with Gasteiger partial charge in [-0.2, -0.15) is 0 Å². The Bertz CT molecular complexity index is 1180. The van der Waals surface area contributed by atoms with E-state index in [9.17, 15) is 9.59 Å². The van der Waals surface area contributed by atoms with Crippen molar-refractivity contribution in [2.24, 2.45) is 13.0 Å². The maximum atomic E-state index is 13.2. The summed E-state index contributed by atoms with van der Waals surface area (Å²) in [6.45, 7) is 1.80. The molecule has 2 atom stereocenters. The van der Waals surface area contributed by atoms with E-state index in [0.29, 0.717) is 42.3 Å². The van der Waals surface area contributed by atoms with Crippen LogP contribution in [0, 0.1) is 5.92 Å². The minimum atomic E-state index is -0.0740. The van der Waals surface area contributed by atoms with E-state index in [0.717, 1.165) is 12.1 Å². The van der Waals surface area contributed by atoms with Crippen LogP contribution in [0.25, 0.3) is 11.4 Å². The number of hydrogen-bond donors (Lipinski definition) is 0. The molecule has 2 aliphatic heterocycles. The molecule has 3 aromatic rings. The third-order valence-corrected chi connectivity index (χ3v) is 6.18. The summed E-state index contributed by atoms with van der Waals surface area (Å²) in [4.78, 5) is 36.7. The number of likely N-dealkylation sites (tertiary alicyclic amines) is 1. The fourth-order valence-corrected chi connectivity index (χ4v) is 4.80. The van der Waals surface area contributed by atoms with Crippen molar-refractivity contribution in [3.8, 4) is 17.1 Å². The first-order valence-corrected chi connectivity index (χ1v) is 10.1. The SMILES string of the molecule is COc1ccncc1C(=O)N1C[C@@H]2C[C@H](C1)c1ccc(-c3nccn3C)c(=O)n1C2. The Labute approximate surface area is 173 Å². The predicted octanol–water partition coefficient (Wildman–Crippen LogP) is 1.91. The maximum absolute atomic E-state index is 13.2. The Morgan fingerprint density at radius 1 is 1.17 bits per heavy atom. The second-order valence-electron chi connectivity index (χ2n) is 8.03. The number of nitrogens with zero attached hydrogens (tertiary/aromatic N) is 5. The van der Waals surface area contributed by atoms with Crippen molar-refractivity contribution in [1.29, 1.82) is 0 Å². The molecule has 1 saturated heterocycles. The van der Waals surface area contributed by atoms with Gasteiger partial charge in [0.25, 0.3) is 11.5 Å². The Hall–Kier alpha value is -3.42. The van der Waals surface area contributed by atoms with E-state index in [-0.39, 0.29) is 23.3 Å². The van der Waals surface area contributed by atoms with E-state index in [1.807, 2.05) is 39.4 Å². The van der Waals surface area contributed by atoms with Crippen LogP contribution < -0.4 is 10.3 Å². The molecule has 154 valence electrons. The number of ether oxygens (including phenoxy) is 1. The standard InChI is InChI=1S/C22H23N5O3/c1-25-8-7-24-20(25)16-3-4-18-15-9-14(12-27(18)22(16)29)11-26(13-15)21(28)17-10-23-6-5-19(17)30-2/h3-8,10,14-15H,9,11-13H2,1-2H3/t14-,15+/m0/s1. The molecule has 8 heteroatoms. The summed E-state index contributed by atoms with van der Waals surface area (Å²) in [5, 5.41) is 0. The molecule has 5 rings (SSSR count). The van der Waals surface area contributed by atoms with Crippen LogP contribution in [0.3, 0.4) is 0 Å². The number of fused-ring (bicyclic) bond motifs is 4. The molecule has 3 aromatic heterocycles. The number of carbonyl (C=O) groups excluding carboxylic acids is 1. The van der Waals surface area contributed by atoms with E-state index in [4.69, 9.17) is 4.74 Å². The molecule has 2 bridgehead atoms. The zero-order valence-corrected chi connectivity index (χ0v) is 17.0. The first kappa shape index (κ1) is 18.6. The normalized spacial score (nSPS) is 20.0. The van der Waals surface area contributed by atoms with Gasteiger partial charge in [-0.1, -0.05) is 0 Å². The van der Waals surface area contributed by atoms with Crippen LogP contribution in [-0.2, 0) is 13.6 Å². The number of imidazole rings is 1. The summed E-state index contributed by atoms with van der Waals surface area (Å²) >= 11 is 0. The van der Waals surface area contributed by atoms with Gasteiger partial charge < -0.3 is 18.8 Å². The lowest BCUT2D eigenvalue weighted by Crippen LogP contribution is -2.49. The number of aryl methyl sites for hydroxylation is 1. The largest absolute Gasteiger partial charge is 0.496 e. The second-order valence-corrected chi connectivity index (χ2v) is 8.03. The number of carbonyl (C=O) groups is 1. The molecule has 1 amide bonds. The minimum absolute atomic E-state index is 0.00907. The molecule has 30 heavy (non-hydrogen) atoms. The average molecular weight is 405 g/mol. The van der Waals surface area contributed by atoms with Crippen molar-refractivity contribution in [2.45, 2.75) is 18.9 Å². The van der Waals surface area contributed by atoms with Gasteiger partial charge >= 0.3 is 0 Å². The molecule has 0 aliphatic carbocycles. The van der Waals surface area contributed by atoms with Gasteiger partial charge in [-0.15, -0.1) is 0 Å². The monoisotopic (exact) mass is 405 g/mol. The molecule has 5 heterocycles. The van der Waals surface area contributed by atoms with Crippen LogP contribution in [0.15, 0.2) is 47.8 Å². The third kappa shape index (κ3) is 2.91. The predicted molar refractivity (Wildman–Crippen MR) is 110 cm³/mol. The van der Waals surface area contributed by atoms with Gasteiger partial charge in [0.05, 0.1) is 18.2 Å². The lowest BCUT2D eigenvalue weighted by molar-refractivity contribution is 0.0591. The number of pyridine rings is 2. The molecule has 0 radical (unpaired) electrons. The summed E-state index contributed by atoms with van der Waals surface area (Å²) in [6, 6.07) is 5.58. The highest BCUT2D eigenvalue weighted by molar-refractivity contribution is 5.96. The summed E-state index contributed by atoms with van der Waals surface area (Å²) < 4.78 is 9.08. The highest BCUT2D eigenvalue weighted by Crippen LogP contribution is 2.36. The van der Waals surface area contributed by atoms with Crippen molar-refractivity contribution in [2.75, 3.05) is 20.2 Å². The van der Waals surface area contributed by atoms with Gasteiger partial charge in [-0.3, -0.25) is 14.6 Å². The molecular weight excluding hydrogens is 382 g/mol. The van der Waals surface area contributed by atoms with Gasteiger partial charge in [0.1, 0.15) is 11.6 Å². The molecule has 1 fully saturated rings. The third-order valence-electron chi connectivity index (χ3n) is 6.18. The molecule has 0 aromatic carbocycles. The van der Waals surface area contributed by atoms with E-state index in [1.165, 1.54) is 0 Å². The maximum Gasteiger partial charge on any atom is 0.261 e. The molecular formula is C22H23N5O3. The topological polar surface area (TPSA) is 82.2 Å². The van der Waals surface area contributed by atoms with Crippen molar-refractivity contribution >= 4 is 5.91 Å². The van der Waals surface area contributed by atoms with Crippen LogP contribution >= 0.6 is 0 Å². The van der Waals surface area contributed by atoms with Crippen molar-refractivity contribution < 1.29 is 9.53 Å². The van der Waals surface area contributed by atoms with E-state index in [1.54, 1.807) is 31.8 Å². The first-order valence-electron chi connectivity index (χ1n) is 10.1. The number of rotatable bonds is 3. The number of methoxy groups -OCH3 is 1. The van der Waals surface area contributed by atoms with Gasteiger partial charge in [0, 0.05) is 63.1 Å². The Morgan fingerprint density at radius 2 is 2.03 bits per heavy atom. The molecule has 0 unspecified atom stereocenters. The van der Waals surface area contributed by atoms with E-state index >= 15 is 0 Å². The van der Waals surface area contributed by atoms with Crippen LogP contribution in [0.2, 0.25) is 0 Å². The van der Waals surface area contributed by atoms with E-state index < -0.39 is 0 Å². The molecule has 8 nitrogen and oxygen atoms in total. The zero-order valence-electron chi connectivity index (χ0n) is 17.0. The van der Waals surface area contributed by atoms with Crippen molar-refractivity contribution in [1.82, 2.24) is 24.0 Å². The van der Waals surface area contributed by atoms with E-state index in [2.05, 4.69) is 9.97 Å². The van der Waals surface area contributed by atoms with Gasteiger partial charge in [0.15, 0.2) is 0 Å². The zero-order chi connectivity index (χ0) is 20.8. The summed E-state index contributed by atoms with van der Waals surface area (Å²) in [7, 11) is 3.44. The number of amides is 1. The molecule has 0 N–H and O–H groups in total. The lowest BCUT2D eigenvalue weighted by Gasteiger charge is -2.43. The Morgan fingerprint density at radius 3 is 2.80 bits per heavy atom. The van der Waals surface area contributed by atoms with Crippen LogP contribution in [-0.4, -0.2) is 50.1 Å². The minimum Gasteiger partial charge on any atom is -0.496 e. The Kier molecular flexibility index (Phi) is 4.42. The van der Waals surface area contributed by atoms with Crippen molar-refractivity contribution in [3.05, 3.63) is 64.6 Å². The quantitative estimate of drug-likeness (QED) is 0.665. The fraction of sp³-hybridized carbons (Fsp3) is 0.364. The highest BCUT2D eigenvalue weighted by atomic mass is 16.5. The fourth-order valence-electron chi connectivity index (χ4n) is 4.80. The summed E-state index contributed by atoms with van der Waals surface area (Å²) in [6.07, 6.45) is 7.69. The smallest absolute Gasteiger partial charge is 0.261 e. The Balaban J connectivity index is 1.47. The van der Waals surface area contributed by atoms with Crippen LogP contribution in [0.5, 0.6) is 5.75 Å².